The summed E-state index contributed by atoms with van der Waals surface area (Å²) in [4.78, 5) is 22.0. The van der Waals surface area contributed by atoms with Crippen LogP contribution in [0.25, 0.3) is 0 Å². The van der Waals surface area contributed by atoms with Crippen LogP contribution in [0.4, 0.5) is 22.0 Å². The maximum absolute atomic E-state index is 12.6. The van der Waals surface area contributed by atoms with Gasteiger partial charge in [-0.05, 0) is 5.92 Å². The highest BCUT2D eigenvalue weighted by Crippen LogP contribution is 2.35. The maximum Gasteiger partial charge on any atom is 0.463 e. The molecule has 0 spiro atoms. The molecule has 0 heterocycles. The molecular weight excluding hydrogens is 265 g/mol. The lowest BCUT2D eigenvalue weighted by Gasteiger charge is -2.24. The highest BCUT2D eigenvalue weighted by atomic mass is 19.4. The molecule has 9 heteroatoms. The third kappa shape index (κ3) is 3.54. The highest BCUT2D eigenvalue weighted by Gasteiger charge is 2.63. The lowest BCUT2D eigenvalue weighted by atomic mass is 10.0. The molecule has 0 aliphatic carbocycles. The SMILES string of the molecule is COC(=O)[C@@H](NC(=O)C(F)(F)C(F)(F)F)C(C)C. The molecule has 0 rings (SSSR count). The molecule has 0 bridgehead atoms. The van der Waals surface area contributed by atoms with Gasteiger partial charge in [0.05, 0.1) is 7.11 Å². The third-order valence-electron chi connectivity index (χ3n) is 2.05. The number of carbonyl (C=O) groups excluding carboxylic acids is 2. The molecule has 0 unspecified atom stereocenters. The lowest BCUT2D eigenvalue weighted by molar-refractivity contribution is -0.270. The molecule has 0 radical (unpaired) electrons. The summed E-state index contributed by atoms with van der Waals surface area (Å²) in [6.45, 7) is 2.71. The van der Waals surface area contributed by atoms with Crippen LogP contribution in [0.15, 0.2) is 0 Å². The molecule has 18 heavy (non-hydrogen) atoms. The first kappa shape index (κ1) is 16.6. The average Bonchev–Trinajstić information content (AvgIpc) is 2.22. The second kappa shape index (κ2) is 5.49. The monoisotopic (exact) mass is 277 g/mol. The fraction of sp³-hybridized carbons (Fsp3) is 0.778. The van der Waals surface area contributed by atoms with E-state index in [1.165, 1.54) is 19.2 Å². The normalized spacial score (nSPS) is 14.3. The molecule has 0 aliphatic heterocycles. The van der Waals surface area contributed by atoms with Gasteiger partial charge in [-0.25, -0.2) is 4.79 Å². The van der Waals surface area contributed by atoms with E-state index in [0.717, 1.165) is 7.11 Å². The zero-order chi connectivity index (χ0) is 14.7. The molecule has 0 aromatic rings. The van der Waals surface area contributed by atoms with Crippen LogP contribution in [0.2, 0.25) is 0 Å². The van der Waals surface area contributed by atoms with Crippen LogP contribution in [0.3, 0.4) is 0 Å². The van der Waals surface area contributed by atoms with E-state index in [9.17, 15) is 31.5 Å². The molecule has 0 saturated carbocycles. The van der Waals surface area contributed by atoms with Crippen molar-refractivity contribution in [2.75, 3.05) is 7.11 Å². The van der Waals surface area contributed by atoms with E-state index in [1.54, 1.807) is 0 Å². The molecule has 0 aromatic carbocycles. The van der Waals surface area contributed by atoms with Crippen molar-refractivity contribution in [1.82, 2.24) is 5.32 Å². The smallest absolute Gasteiger partial charge is 0.463 e. The first-order valence-electron chi connectivity index (χ1n) is 4.78. The highest BCUT2D eigenvalue weighted by molar-refractivity contribution is 5.89. The van der Waals surface area contributed by atoms with Crippen molar-refractivity contribution in [3.05, 3.63) is 0 Å². The second-order valence-electron chi connectivity index (χ2n) is 3.79. The van der Waals surface area contributed by atoms with Gasteiger partial charge in [-0.1, -0.05) is 13.8 Å². The molecule has 0 aliphatic rings. The molecule has 106 valence electrons. The summed E-state index contributed by atoms with van der Waals surface area (Å²) in [5.74, 6) is -9.95. The Morgan fingerprint density at radius 3 is 1.83 bits per heavy atom. The van der Waals surface area contributed by atoms with Gasteiger partial charge in [0.1, 0.15) is 6.04 Å². The number of hydrogen-bond donors (Lipinski definition) is 1. The minimum atomic E-state index is -6.02. The number of nitrogens with one attached hydrogen (secondary N) is 1. The minimum Gasteiger partial charge on any atom is -0.467 e. The fourth-order valence-electron chi connectivity index (χ4n) is 0.985. The Morgan fingerprint density at radius 1 is 1.11 bits per heavy atom. The van der Waals surface area contributed by atoms with Crippen molar-refractivity contribution in [2.24, 2.45) is 5.92 Å². The van der Waals surface area contributed by atoms with E-state index >= 15 is 0 Å². The van der Waals surface area contributed by atoms with Crippen LogP contribution in [0.1, 0.15) is 13.8 Å². The minimum absolute atomic E-state index is 0.703. The van der Waals surface area contributed by atoms with Crippen LogP contribution in [-0.2, 0) is 14.3 Å². The lowest BCUT2D eigenvalue weighted by Crippen LogP contribution is -2.56. The number of hydrogen-bond acceptors (Lipinski definition) is 3. The quantitative estimate of drug-likeness (QED) is 0.626. The van der Waals surface area contributed by atoms with Gasteiger partial charge in [-0.2, -0.15) is 22.0 Å². The Morgan fingerprint density at radius 2 is 1.56 bits per heavy atom. The van der Waals surface area contributed by atoms with Gasteiger partial charge in [0.2, 0.25) is 0 Å². The summed E-state index contributed by atoms with van der Waals surface area (Å²) in [6, 6.07) is -1.57. The standard InChI is InChI=1S/C9H12F5NO3/c1-4(2)5(6(16)18-3)15-7(17)8(10,11)9(12,13)14/h4-5H,1-3H3,(H,15,17)/t5-/m0/s1. The number of methoxy groups -OCH3 is 1. The van der Waals surface area contributed by atoms with Crippen molar-refractivity contribution < 1.29 is 36.3 Å². The average molecular weight is 277 g/mol. The Balaban J connectivity index is 4.98. The predicted molar refractivity (Wildman–Crippen MR) is 49.8 cm³/mol. The van der Waals surface area contributed by atoms with E-state index in [4.69, 9.17) is 0 Å². The number of carbonyl (C=O) groups is 2. The molecule has 1 N–H and O–H groups in total. The van der Waals surface area contributed by atoms with E-state index in [1.807, 2.05) is 0 Å². The Bertz CT molecular complexity index is 327. The van der Waals surface area contributed by atoms with Gasteiger partial charge < -0.3 is 10.1 Å². The Kier molecular flexibility index (Phi) is 5.06. The summed E-state index contributed by atoms with van der Waals surface area (Å²) in [5, 5.41) is 1.33. The maximum atomic E-state index is 12.6. The first-order valence-corrected chi connectivity index (χ1v) is 4.78. The van der Waals surface area contributed by atoms with E-state index in [-0.39, 0.29) is 0 Å². The van der Waals surface area contributed by atoms with E-state index in [0.29, 0.717) is 0 Å². The molecule has 4 nitrogen and oxygen atoms in total. The van der Waals surface area contributed by atoms with Gasteiger partial charge in [-0.15, -0.1) is 0 Å². The van der Waals surface area contributed by atoms with Crippen molar-refractivity contribution in [1.29, 1.82) is 0 Å². The molecular formula is C9H12F5NO3. The van der Waals surface area contributed by atoms with Gasteiger partial charge in [0.15, 0.2) is 0 Å². The zero-order valence-corrected chi connectivity index (χ0v) is 9.77. The fourth-order valence-corrected chi connectivity index (χ4v) is 0.985. The summed E-state index contributed by atoms with van der Waals surface area (Å²) < 4.78 is 65.1. The van der Waals surface area contributed by atoms with E-state index in [2.05, 4.69) is 4.74 Å². The van der Waals surface area contributed by atoms with E-state index < -0.39 is 35.9 Å². The van der Waals surface area contributed by atoms with Crippen LogP contribution >= 0.6 is 0 Å². The number of alkyl halides is 5. The third-order valence-corrected chi connectivity index (χ3v) is 2.05. The Hall–Kier alpha value is -1.41. The van der Waals surface area contributed by atoms with Gasteiger partial charge in [0, 0.05) is 0 Å². The van der Waals surface area contributed by atoms with Crippen LogP contribution in [-0.4, -0.2) is 37.1 Å². The summed E-state index contributed by atoms with van der Waals surface area (Å²) >= 11 is 0. The molecule has 1 amide bonds. The van der Waals surface area contributed by atoms with Gasteiger partial charge in [0.25, 0.3) is 0 Å². The predicted octanol–water partition coefficient (Wildman–Crippen LogP) is 1.50. The molecule has 0 fully saturated rings. The number of rotatable bonds is 4. The zero-order valence-electron chi connectivity index (χ0n) is 9.77. The first-order chi connectivity index (χ1) is 7.95. The number of amides is 1. The van der Waals surface area contributed by atoms with Gasteiger partial charge in [-0.3, -0.25) is 4.79 Å². The molecule has 1 atom stereocenters. The second-order valence-corrected chi connectivity index (χ2v) is 3.79. The number of ether oxygens (including phenoxy) is 1. The summed E-state index contributed by atoms with van der Waals surface area (Å²) in [6.07, 6.45) is -6.02. The van der Waals surface area contributed by atoms with Crippen molar-refractivity contribution in [2.45, 2.75) is 32.0 Å². The molecule has 0 aromatic heterocycles. The summed E-state index contributed by atoms with van der Waals surface area (Å²) in [7, 11) is 0.922. The topological polar surface area (TPSA) is 55.4 Å². The van der Waals surface area contributed by atoms with Crippen molar-refractivity contribution in [3.63, 3.8) is 0 Å². The van der Waals surface area contributed by atoms with Crippen LogP contribution in [0.5, 0.6) is 0 Å². The van der Waals surface area contributed by atoms with Gasteiger partial charge >= 0.3 is 24.0 Å². The summed E-state index contributed by atoms with van der Waals surface area (Å²) in [5.41, 5.74) is 0. The largest absolute Gasteiger partial charge is 0.467 e. The number of esters is 1. The van der Waals surface area contributed by atoms with Crippen molar-refractivity contribution in [3.8, 4) is 0 Å². The van der Waals surface area contributed by atoms with Crippen LogP contribution in [0, 0.1) is 5.92 Å². The Labute approximate surface area is 99.5 Å². The number of halogens is 5. The van der Waals surface area contributed by atoms with Crippen LogP contribution < -0.4 is 5.32 Å². The molecule has 0 saturated heterocycles. The van der Waals surface area contributed by atoms with Crippen molar-refractivity contribution >= 4 is 11.9 Å².